The van der Waals surface area contributed by atoms with Gasteiger partial charge in [0.2, 0.25) is 0 Å². The normalized spacial score (nSPS) is 10.7. The van der Waals surface area contributed by atoms with Crippen LogP contribution >= 0.6 is 11.8 Å². The topological polar surface area (TPSA) is 26.3 Å². The van der Waals surface area contributed by atoms with Crippen molar-refractivity contribution in [3.63, 3.8) is 0 Å². The van der Waals surface area contributed by atoms with Crippen molar-refractivity contribution in [3.8, 4) is 5.75 Å². The number of hydrogen-bond donors (Lipinski definition) is 0. The first-order valence-corrected chi connectivity index (χ1v) is 5.75. The fraction of sp³-hybridized carbons (Fsp3) is 0.250. The van der Waals surface area contributed by atoms with Gasteiger partial charge < -0.3 is 4.74 Å². The van der Waals surface area contributed by atoms with Crippen molar-refractivity contribution in [1.82, 2.24) is 0 Å². The number of ether oxygens (including phenoxy) is 1. The highest BCUT2D eigenvalue weighted by Gasteiger charge is 2.00. The van der Waals surface area contributed by atoms with E-state index in [0.717, 1.165) is 0 Å². The second-order valence-electron chi connectivity index (χ2n) is 3.09. The zero-order valence-electron chi connectivity index (χ0n) is 9.20. The van der Waals surface area contributed by atoms with Crippen LogP contribution in [0.1, 0.15) is 12.5 Å². The second-order valence-corrected chi connectivity index (χ2v) is 4.29. The van der Waals surface area contributed by atoms with E-state index in [-0.39, 0.29) is 10.9 Å². The maximum absolute atomic E-state index is 13.4. The highest BCUT2D eigenvalue weighted by atomic mass is 32.2. The summed E-state index contributed by atoms with van der Waals surface area (Å²) in [4.78, 5) is 10.6. The maximum atomic E-state index is 13.4. The Labute approximate surface area is 98.5 Å². The number of methoxy groups -OCH3 is 1. The third kappa shape index (κ3) is 4.06. The molecule has 86 valence electrons. The van der Waals surface area contributed by atoms with Gasteiger partial charge in [-0.2, -0.15) is 0 Å². The minimum absolute atomic E-state index is 0.0554. The summed E-state index contributed by atoms with van der Waals surface area (Å²) in [6, 6.07) is 4.67. The Bertz CT molecular complexity index is 402. The lowest BCUT2D eigenvalue weighted by atomic mass is 10.2. The molecule has 0 atom stereocenters. The van der Waals surface area contributed by atoms with Gasteiger partial charge in [0.15, 0.2) is 5.12 Å². The van der Waals surface area contributed by atoms with Gasteiger partial charge >= 0.3 is 0 Å². The molecule has 4 heteroatoms. The van der Waals surface area contributed by atoms with Crippen molar-refractivity contribution in [2.75, 3.05) is 12.9 Å². The van der Waals surface area contributed by atoms with Crippen LogP contribution in [-0.2, 0) is 4.79 Å². The molecule has 0 saturated heterocycles. The molecule has 1 aromatic rings. The first-order valence-electron chi connectivity index (χ1n) is 4.77. The maximum Gasteiger partial charge on any atom is 0.186 e. The number of carbonyl (C=O) groups excluding carboxylic acids is 1. The summed E-state index contributed by atoms with van der Waals surface area (Å²) in [5.74, 6) is 0.719. The fourth-order valence-electron chi connectivity index (χ4n) is 1.11. The average molecular weight is 240 g/mol. The van der Waals surface area contributed by atoms with Crippen molar-refractivity contribution in [2.24, 2.45) is 0 Å². The molecule has 0 unspecified atom stereocenters. The Balaban J connectivity index is 2.63. The van der Waals surface area contributed by atoms with Crippen LogP contribution in [0.5, 0.6) is 5.75 Å². The van der Waals surface area contributed by atoms with Crippen LogP contribution in [0.25, 0.3) is 6.08 Å². The van der Waals surface area contributed by atoms with Crippen LogP contribution in [0.3, 0.4) is 0 Å². The van der Waals surface area contributed by atoms with Crippen LogP contribution in [0.15, 0.2) is 24.3 Å². The largest absolute Gasteiger partial charge is 0.497 e. The van der Waals surface area contributed by atoms with Crippen molar-refractivity contribution < 1.29 is 13.9 Å². The van der Waals surface area contributed by atoms with Gasteiger partial charge in [-0.1, -0.05) is 23.9 Å². The first kappa shape index (κ1) is 12.8. The van der Waals surface area contributed by atoms with Crippen LogP contribution < -0.4 is 4.74 Å². The van der Waals surface area contributed by atoms with Crippen LogP contribution in [0, 0.1) is 5.82 Å². The van der Waals surface area contributed by atoms with Gasteiger partial charge in [-0.15, -0.1) is 0 Å². The number of benzene rings is 1. The Morgan fingerprint density at radius 3 is 2.88 bits per heavy atom. The smallest absolute Gasteiger partial charge is 0.186 e. The number of carbonyl (C=O) groups is 1. The first-order chi connectivity index (χ1) is 7.63. The van der Waals surface area contributed by atoms with E-state index in [2.05, 4.69) is 0 Å². The second kappa shape index (κ2) is 6.33. The van der Waals surface area contributed by atoms with E-state index in [1.807, 2.05) is 0 Å². The lowest BCUT2D eigenvalue weighted by Gasteiger charge is -2.01. The molecule has 2 nitrogen and oxygen atoms in total. The Morgan fingerprint density at radius 1 is 1.56 bits per heavy atom. The molecular formula is C12H13FO2S. The van der Waals surface area contributed by atoms with Crippen molar-refractivity contribution in [3.05, 3.63) is 35.7 Å². The van der Waals surface area contributed by atoms with Gasteiger partial charge in [-0.05, 0) is 12.1 Å². The molecule has 1 rings (SSSR count). The molecule has 0 saturated carbocycles. The molecule has 0 aromatic heterocycles. The standard InChI is InChI=1S/C12H13FO2S/c1-9(14)16-7-3-4-10-5-6-11(15-2)8-12(10)13/h3-6,8H,7H2,1-2H3. The monoisotopic (exact) mass is 240 g/mol. The number of rotatable bonds is 4. The van der Waals surface area contributed by atoms with E-state index in [4.69, 9.17) is 4.74 Å². The van der Waals surface area contributed by atoms with Gasteiger partial charge in [0.1, 0.15) is 11.6 Å². The van der Waals surface area contributed by atoms with Crippen molar-refractivity contribution >= 4 is 23.0 Å². The molecular weight excluding hydrogens is 227 g/mol. The van der Waals surface area contributed by atoms with Crippen molar-refractivity contribution in [2.45, 2.75) is 6.92 Å². The van der Waals surface area contributed by atoms with Crippen LogP contribution in [-0.4, -0.2) is 18.0 Å². The van der Waals surface area contributed by atoms with E-state index < -0.39 is 0 Å². The molecule has 0 aliphatic rings. The number of thioether (sulfide) groups is 1. The summed E-state index contributed by atoms with van der Waals surface area (Å²) in [5, 5.41) is 0.0554. The van der Waals surface area contributed by atoms with E-state index in [9.17, 15) is 9.18 Å². The third-order valence-electron chi connectivity index (χ3n) is 1.89. The van der Waals surface area contributed by atoms with E-state index >= 15 is 0 Å². The van der Waals surface area contributed by atoms with Crippen molar-refractivity contribution in [1.29, 1.82) is 0 Å². The minimum atomic E-state index is -0.330. The van der Waals surface area contributed by atoms with E-state index in [1.54, 1.807) is 24.3 Å². The molecule has 0 bridgehead atoms. The average Bonchev–Trinajstić information content (AvgIpc) is 2.25. The third-order valence-corrected chi connectivity index (χ3v) is 2.65. The zero-order chi connectivity index (χ0) is 12.0. The summed E-state index contributed by atoms with van der Waals surface area (Å²) in [6.07, 6.45) is 3.42. The lowest BCUT2D eigenvalue weighted by molar-refractivity contribution is -0.109. The highest BCUT2D eigenvalue weighted by molar-refractivity contribution is 8.13. The SMILES string of the molecule is COc1ccc(C=CCSC(C)=O)c(F)c1. The summed E-state index contributed by atoms with van der Waals surface area (Å²) in [7, 11) is 1.49. The predicted molar refractivity (Wildman–Crippen MR) is 65.1 cm³/mol. The molecule has 0 N–H and O–H groups in total. The number of hydrogen-bond acceptors (Lipinski definition) is 3. The van der Waals surface area contributed by atoms with E-state index in [0.29, 0.717) is 17.1 Å². The van der Waals surface area contributed by atoms with Crippen LogP contribution in [0.2, 0.25) is 0 Å². The lowest BCUT2D eigenvalue weighted by Crippen LogP contribution is -1.87. The molecule has 16 heavy (non-hydrogen) atoms. The van der Waals surface area contributed by atoms with Crippen LogP contribution in [0.4, 0.5) is 4.39 Å². The van der Waals surface area contributed by atoms with Gasteiger partial charge in [0, 0.05) is 24.3 Å². The van der Waals surface area contributed by atoms with Gasteiger partial charge in [0.05, 0.1) is 7.11 Å². The summed E-state index contributed by atoms with van der Waals surface area (Å²) < 4.78 is 18.3. The molecule has 1 aromatic carbocycles. The number of halogens is 1. The Kier molecular flexibility index (Phi) is 5.05. The highest BCUT2D eigenvalue weighted by Crippen LogP contribution is 2.17. The van der Waals surface area contributed by atoms with E-state index in [1.165, 1.54) is 31.9 Å². The predicted octanol–water partition coefficient (Wildman–Crippen LogP) is 3.13. The zero-order valence-corrected chi connectivity index (χ0v) is 10.0. The minimum Gasteiger partial charge on any atom is -0.497 e. The summed E-state index contributed by atoms with van der Waals surface area (Å²) >= 11 is 1.19. The molecule has 0 aliphatic heterocycles. The van der Waals surface area contributed by atoms with Gasteiger partial charge in [-0.3, -0.25) is 4.79 Å². The molecule has 0 amide bonds. The summed E-state index contributed by atoms with van der Waals surface area (Å²) in [6.45, 7) is 1.51. The quantitative estimate of drug-likeness (QED) is 0.808. The Hall–Kier alpha value is -1.29. The molecule has 0 aliphatic carbocycles. The fourth-order valence-corrected chi connectivity index (χ4v) is 1.54. The molecule has 0 radical (unpaired) electrons. The molecule has 0 spiro atoms. The molecule has 0 heterocycles. The van der Waals surface area contributed by atoms with Gasteiger partial charge in [0.25, 0.3) is 0 Å². The molecule has 0 fully saturated rings. The van der Waals surface area contributed by atoms with Gasteiger partial charge in [-0.25, -0.2) is 4.39 Å². The Morgan fingerprint density at radius 2 is 2.31 bits per heavy atom. The summed E-state index contributed by atoms with van der Waals surface area (Å²) in [5.41, 5.74) is 0.491.